The third kappa shape index (κ3) is 4.18. The fraction of sp³-hybridized carbons (Fsp3) is 0.412. The zero-order valence-electron chi connectivity index (χ0n) is 13.1. The summed E-state index contributed by atoms with van der Waals surface area (Å²) in [5, 5.41) is 1.02. The normalized spacial score (nSPS) is 11.6. The predicted molar refractivity (Wildman–Crippen MR) is 84.4 cm³/mol. The van der Waals surface area contributed by atoms with Gasteiger partial charge in [-0.15, -0.1) is 0 Å². The van der Waals surface area contributed by atoms with Crippen LogP contribution in [0.2, 0.25) is 0 Å². The Morgan fingerprint density at radius 3 is 2.62 bits per heavy atom. The molecular formula is C17H22N2O2. The number of carbonyl (C=O) groups excluding carboxylic acids is 1. The number of benzene rings is 1. The summed E-state index contributed by atoms with van der Waals surface area (Å²) in [6.07, 6.45) is 0.955. The lowest BCUT2D eigenvalue weighted by Gasteiger charge is -2.21. The number of carbonyl (C=O) groups is 1. The van der Waals surface area contributed by atoms with Crippen LogP contribution in [0.15, 0.2) is 24.3 Å². The minimum atomic E-state index is -0.292. The standard InChI is InChI=1S/C17H22N2O2/c1-11-9-12(5-8-16(18)20)14-10-13(21-17(2,3)4)6-7-15(14)19-11/h6-7,9-10H,5,8H2,1-4H3,(H2,18,20). The molecule has 2 aromatic rings. The highest BCUT2D eigenvalue weighted by Crippen LogP contribution is 2.26. The maximum absolute atomic E-state index is 11.0. The number of pyridine rings is 1. The summed E-state index contributed by atoms with van der Waals surface area (Å²) in [6.45, 7) is 7.99. The lowest BCUT2D eigenvalue weighted by Crippen LogP contribution is -2.22. The number of hydrogen-bond acceptors (Lipinski definition) is 3. The number of nitrogens with zero attached hydrogens (tertiary/aromatic N) is 1. The molecule has 1 amide bonds. The van der Waals surface area contributed by atoms with Crippen molar-refractivity contribution in [2.24, 2.45) is 5.73 Å². The third-order valence-corrected chi connectivity index (χ3v) is 3.06. The number of nitrogens with two attached hydrogens (primary N) is 1. The molecule has 0 saturated carbocycles. The van der Waals surface area contributed by atoms with Crippen LogP contribution >= 0.6 is 0 Å². The molecule has 2 N–H and O–H groups in total. The second kappa shape index (κ2) is 5.72. The second-order valence-electron chi connectivity index (χ2n) is 6.28. The van der Waals surface area contributed by atoms with Gasteiger partial charge in [0.15, 0.2) is 0 Å². The Labute approximate surface area is 125 Å². The average Bonchev–Trinajstić information content (AvgIpc) is 2.34. The molecular weight excluding hydrogens is 264 g/mol. The summed E-state index contributed by atoms with van der Waals surface area (Å²) in [6, 6.07) is 7.88. The van der Waals surface area contributed by atoms with Gasteiger partial charge in [0.25, 0.3) is 0 Å². The summed E-state index contributed by atoms with van der Waals surface area (Å²) >= 11 is 0. The van der Waals surface area contributed by atoms with Crippen molar-refractivity contribution in [3.63, 3.8) is 0 Å². The topological polar surface area (TPSA) is 65.2 Å². The smallest absolute Gasteiger partial charge is 0.217 e. The quantitative estimate of drug-likeness (QED) is 0.939. The number of aryl methyl sites for hydroxylation is 2. The molecule has 0 saturated heterocycles. The SMILES string of the molecule is Cc1cc(CCC(N)=O)c2cc(OC(C)(C)C)ccc2n1. The highest BCUT2D eigenvalue weighted by Gasteiger charge is 2.13. The van der Waals surface area contributed by atoms with Gasteiger partial charge in [-0.1, -0.05) is 0 Å². The summed E-state index contributed by atoms with van der Waals surface area (Å²) in [7, 11) is 0. The Morgan fingerprint density at radius 2 is 2.00 bits per heavy atom. The van der Waals surface area contributed by atoms with Crippen molar-refractivity contribution in [1.82, 2.24) is 4.98 Å². The van der Waals surface area contributed by atoms with E-state index in [9.17, 15) is 4.79 Å². The molecule has 2 rings (SSSR count). The maximum atomic E-state index is 11.0. The molecule has 0 fully saturated rings. The van der Waals surface area contributed by atoms with E-state index >= 15 is 0 Å². The molecule has 0 bridgehead atoms. The van der Waals surface area contributed by atoms with Gasteiger partial charge in [-0.05, 0) is 63.9 Å². The van der Waals surface area contributed by atoms with E-state index < -0.39 is 0 Å². The Balaban J connectivity index is 2.45. The molecule has 0 aliphatic rings. The number of primary amides is 1. The van der Waals surface area contributed by atoms with E-state index in [1.165, 1.54) is 0 Å². The van der Waals surface area contributed by atoms with Crippen LogP contribution in [-0.4, -0.2) is 16.5 Å². The van der Waals surface area contributed by atoms with Crippen molar-refractivity contribution in [3.05, 3.63) is 35.5 Å². The molecule has 0 spiro atoms. The van der Waals surface area contributed by atoms with Crippen molar-refractivity contribution in [1.29, 1.82) is 0 Å². The molecule has 0 radical (unpaired) electrons. The van der Waals surface area contributed by atoms with Crippen LogP contribution in [0.3, 0.4) is 0 Å². The van der Waals surface area contributed by atoms with Crippen molar-refractivity contribution in [2.75, 3.05) is 0 Å². The molecule has 0 atom stereocenters. The van der Waals surface area contributed by atoms with Crippen LogP contribution in [0.25, 0.3) is 10.9 Å². The average molecular weight is 286 g/mol. The number of ether oxygens (including phenoxy) is 1. The lowest BCUT2D eigenvalue weighted by molar-refractivity contribution is -0.117. The van der Waals surface area contributed by atoms with Crippen LogP contribution in [0.5, 0.6) is 5.75 Å². The largest absolute Gasteiger partial charge is 0.488 e. The second-order valence-corrected chi connectivity index (χ2v) is 6.28. The minimum Gasteiger partial charge on any atom is -0.488 e. The summed E-state index contributed by atoms with van der Waals surface area (Å²) in [4.78, 5) is 15.6. The molecule has 0 aliphatic carbocycles. The molecule has 1 heterocycles. The number of hydrogen-bond donors (Lipinski definition) is 1. The van der Waals surface area contributed by atoms with Crippen LogP contribution in [0, 0.1) is 6.92 Å². The third-order valence-electron chi connectivity index (χ3n) is 3.06. The molecule has 1 aromatic heterocycles. The first-order chi connectivity index (χ1) is 9.74. The van der Waals surface area contributed by atoms with Gasteiger partial charge >= 0.3 is 0 Å². The number of amides is 1. The Kier molecular flexibility index (Phi) is 4.16. The zero-order chi connectivity index (χ0) is 15.6. The van der Waals surface area contributed by atoms with Gasteiger partial charge < -0.3 is 10.5 Å². The fourth-order valence-corrected chi connectivity index (χ4v) is 2.30. The number of aromatic nitrogens is 1. The van der Waals surface area contributed by atoms with E-state index in [2.05, 4.69) is 4.98 Å². The van der Waals surface area contributed by atoms with Gasteiger partial charge in [-0.2, -0.15) is 0 Å². The summed E-state index contributed by atoms with van der Waals surface area (Å²) < 4.78 is 5.90. The van der Waals surface area contributed by atoms with E-state index in [4.69, 9.17) is 10.5 Å². The van der Waals surface area contributed by atoms with Gasteiger partial charge in [-0.25, -0.2) is 0 Å². The van der Waals surface area contributed by atoms with Gasteiger partial charge in [0.1, 0.15) is 11.4 Å². The van der Waals surface area contributed by atoms with Crippen LogP contribution < -0.4 is 10.5 Å². The van der Waals surface area contributed by atoms with E-state index in [1.54, 1.807) is 0 Å². The highest BCUT2D eigenvalue weighted by atomic mass is 16.5. The van der Waals surface area contributed by atoms with Crippen molar-refractivity contribution in [3.8, 4) is 5.75 Å². The van der Waals surface area contributed by atoms with Gasteiger partial charge in [0.05, 0.1) is 5.52 Å². The Hall–Kier alpha value is -2.10. The fourth-order valence-electron chi connectivity index (χ4n) is 2.30. The number of rotatable bonds is 4. The van der Waals surface area contributed by atoms with Crippen LogP contribution in [-0.2, 0) is 11.2 Å². The van der Waals surface area contributed by atoms with E-state index in [1.807, 2.05) is 52.0 Å². The van der Waals surface area contributed by atoms with E-state index in [0.717, 1.165) is 27.9 Å². The van der Waals surface area contributed by atoms with Crippen molar-refractivity contribution < 1.29 is 9.53 Å². The molecule has 4 heteroatoms. The van der Waals surface area contributed by atoms with Crippen molar-refractivity contribution >= 4 is 16.8 Å². The molecule has 112 valence electrons. The van der Waals surface area contributed by atoms with Crippen LogP contribution in [0.1, 0.15) is 38.4 Å². The van der Waals surface area contributed by atoms with Gasteiger partial charge in [0, 0.05) is 17.5 Å². The van der Waals surface area contributed by atoms with Gasteiger partial charge in [0.2, 0.25) is 5.91 Å². The highest BCUT2D eigenvalue weighted by molar-refractivity contribution is 5.84. The predicted octanol–water partition coefficient (Wildman–Crippen LogP) is 3.14. The maximum Gasteiger partial charge on any atom is 0.217 e. The van der Waals surface area contributed by atoms with E-state index in [0.29, 0.717) is 12.8 Å². The molecule has 4 nitrogen and oxygen atoms in total. The summed E-state index contributed by atoms with van der Waals surface area (Å²) in [5.41, 5.74) is 7.93. The first-order valence-electron chi connectivity index (χ1n) is 7.12. The Morgan fingerprint density at radius 1 is 1.29 bits per heavy atom. The first kappa shape index (κ1) is 15.3. The lowest BCUT2D eigenvalue weighted by atomic mass is 10.0. The molecule has 1 aromatic carbocycles. The van der Waals surface area contributed by atoms with Crippen molar-refractivity contribution in [2.45, 2.75) is 46.1 Å². The number of fused-ring (bicyclic) bond motifs is 1. The van der Waals surface area contributed by atoms with Crippen LogP contribution in [0.4, 0.5) is 0 Å². The first-order valence-corrected chi connectivity index (χ1v) is 7.12. The molecule has 0 unspecified atom stereocenters. The Bertz CT molecular complexity index is 672. The molecule has 21 heavy (non-hydrogen) atoms. The monoisotopic (exact) mass is 286 g/mol. The molecule has 0 aliphatic heterocycles. The minimum absolute atomic E-state index is 0.251. The zero-order valence-corrected chi connectivity index (χ0v) is 13.1. The summed E-state index contributed by atoms with van der Waals surface area (Å²) in [5.74, 6) is 0.515. The van der Waals surface area contributed by atoms with Gasteiger partial charge in [-0.3, -0.25) is 9.78 Å². The van der Waals surface area contributed by atoms with E-state index in [-0.39, 0.29) is 11.5 Å².